The van der Waals surface area contributed by atoms with Gasteiger partial charge >= 0.3 is 0 Å². The zero-order chi connectivity index (χ0) is 11.1. The van der Waals surface area contributed by atoms with Crippen LogP contribution in [0.15, 0.2) is 6.20 Å². The van der Waals surface area contributed by atoms with E-state index in [1.54, 1.807) is 0 Å². The lowest BCUT2D eigenvalue weighted by molar-refractivity contribution is 0.602. The van der Waals surface area contributed by atoms with Crippen molar-refractivity contribution in [2.24, 2.45) is 0 Å². The molecule has 1 aromatic rings. The van der Waals surface area contributed by atoms with Gasteiger partial charge in [-0.3, -0.25) is 0 Å². The van der Waals surface area contributed by atoms with Crippen LogP contribution in [0.5, 0.6) is 0 Å². The Balaban J connectivity index is 2.58. The lowest BCUT2D eigenvalue weighted by atomic mass is 10.3. The number of hydrogen-bond acceptors (Lipinski definition) is 2. The molecule has 15 heavy (non-hydrogen) atoms. The summed E-state index contributed by atoms with van der Waals surface area (Å²) in [6.07, 6.45) is 9.10. The third-order valence-electron chi connectivity index (χ3n) is 2.35. The van der Waals surface area contributed by atoms with Crippen LogP contribution in [0.1, 0.15) is 31.3 Å². The molecule has 0 saturated heterocycles. The standard InChI is InChI=1S/C12H19N3/c1-4-6-8-15-11(3)14-10-12(15)9-13-7-5-2/h1,10,13H,5-9H2,2-3H3. The average Bonchev–Trinajstić information content (AvgIpc) is 2.58. The molecule has 0 aliphatic carbocycles. The molecule has 0 spiro atoms. The molecule has 0 saturated carbocycles. The first-order valence-electron chi connectivity index (χ1n) is 5.44. The van der Waals surface area contributed by atoms with Crippen molar-refractivity contribution in [1.29, 1.82) is 0 Å². The predicted octanol–water partition coefficient (Wildman–Crippen LogP) is 1.71. The molecule has 0 unspecified atom stereocenters. The Hall–Kier alpha value is -1.27. The Morgan fingerprint density at radius 2 is 2.40 bits per heavy atom. The van der Waals surface area contributed by atoms with Gasteiger partial charge in [0.25, 0.3) is 0 Å². The second-order valence-corrected chi connectivity index (χ2v) is 3.58. The molecule has 1 rings (SSSR count). The topological polar surface area (TPSA) is 29.9 Å². The van der Waals surface area contributed by atoms with Gasteiger partial charge in [-0.15, -0.1) is 12.3 Å². The number of rotatable bonds is 6. The van der Waals surface area contributed by atoms with E-state index in [1.807, 2.05) is 13.1 Å². The van der Waals surface area contributed by atoms with Gasteiger partial charge in [-0.1, -0.05) is 6.92 Å². The van der Waals surface area contributed by atoms with E-state index in [4.69, 9.17) is 6.42 Å². The highest BCUT2D eigenvalue weighted by atomic mass is 15.1. The van der Waals surface area contributed by atoms with Crippen molar-refractivity contribution >= 4 is 0 Å². The minimum atomic E-state index is 0.762. The Morgan fingerprint density at radius 3 is 3.07 bits per heavy atom. The van der Waals surface area contributed by atoms with E-state index in [9.17, 15) is 0 Å². The van der Waals surface area contributed by atoms with E-state index < -0.39 is 0 Å². The number of aromatic nitrogens is 2. The van der Waals surface area contributed by atoms with E-state index >= 15 is 0 Å². The summed E-state index contributed by atoms with van der Waals surface area (Å²) in [5.41, 5.74) is 1.22. The van der Waals surface area contributed by atoms with E-state index in [0.29, 0.717) is 0 Å². The number of hydrogen-bond donors (Lipinski definition) is 1. The average molecular weight is 205 g/mol. The normalized spacial score (nSPS) is 10.2. The summed E-state index contributed by atoms with van der Waals surface area (Å²) < 4.78 is 2.18. The second-order valence-electron chi connectivity index (χ2n) is 3.58. The molecule has 1 heterocycles. The third kappa shape index (κ3) is 3.41. The largest absolute Gasteiger partial charge is 0.330 e. The molecule has 1 aromatic heterocycles. The van der Waals surface area contributed by atoms with Crippen LogP contribution in [0.25, 0.3) is 0 Å². The van der Waals surface area contributed by atoms with Crippen LogP contribution in [-0.4, -0.2) is 16.1 Å². The smallest absolute Gasteiger partial charge is 0.105 e. The van der Waals surface area contributed by atoms with Crippen molar-refractivity contribution < 1.29 is 0 Å². The first-order valence-corrected chi connectivity index (χ1v) is 5.44. The molecule has 0 aliphatic heterocycles. The van der Waals surface area contributed by atoms with Crippen LogP contribution in [0.3, 0.4) is 0 Å². The van der Waals surface area contributed by atoms with Crippen molar-refractivity contribution in [3.8, 4) is 12.3 Å². The molecule has 0 amide bonds. The van der Waals surface area contributed by atoms with Crippen molar-refractivity contribution in [2.45, 2.75) is 39.8 Å². The summed E-state index contributed by atoms with van der Waals surface area (Å²) in [6.45, 7) is 6.96. The molecule has 3 heteroatoms. The van der Waals surface area contributed by atoms with Crippen LogP contribution in [0, 0.1) is 19.3 Å². The number of terminal acetylenes is 1. The lowest BCUT2D eigenvalue weighted by Gasteiger charge is -2.08. The van der Waals surface area contributed by atoms with Gasteiger partial charge in [-0.2, -0.15) is 0 Å². The predicted molar refractivity (Wildman–Crippen MR) is 62.4 cm³/mol. The highest BCUT2D eigenvalue weighted by Crippen LogP contribution is 2.05. The van der Waals surface area contributed by atoms with Crippen LogP contribution >= 0.6 is 0 Å². The molecule has 82 valence electrons. The van der Waals surface area contributed by atoms with Crippen LogP contribution in [0.4, 0.5) is 0 Å². The highest BCUT2D eigenvalue weighted by molar-refractivity contribution is 5.05. The van der Waals surface area contributed by atoms with E-state index in [2.05, 4.69) is 27.7 Å². The maximum atomic E-state index is 5.27. The van der Waals surface area contributed by atoms with Gasteiger partial charge in [0, 0.05) is 25.7 Å². The maximum Gasteiger partial charge on any atom is 0.105 e. The zero-order valence-corrected chi connectivity index (χ0v) is 9.58. The minimum absolute atomic E-state index is 0.762. The highest BCUT2D eigenvalue weighted by Gasteiger charge is 2.04. The van der Waals surface area contributed by atoms with Gasteiger partial charge in [0.1, 0.15) is 5.82 Å². The van der Waals surface area contributed by atoms with Crippen molar-refractivity contribution in [3.63, 3.8) is 0 Å². The van der Waals surface area contributed by atoms with Gasteiger partial charge in [-0.05, 0) is 19.9 Å². The minimum Gasteiger partial charge on any atom is -0.330 e. The summed E-state index contributed by atoms with van der Waals surface area (Å²) in [7, 11) is 0. The monoisotopic (exact) mass is 205 g/mol. The molecule has 0 aromatic carbocycles. The van der Waals surface area contributed by atoms with E-state index in [-0.39, 0.29) is 0 Å². The molecule has 0 fully saturated rings. The van der Waals surface area contributed by atoms with Gasteiger partial charge < -0.3 is 9.88 Å². The third-order valence-corrected chi connectivity index (χ3v) is 2.35. The lowest BCUT2D eigenvalue weighted by Crippen LogP contribution is -2.17. The Bertz CT molecular complexity index is 333. The first kappa shape index (κ1) is 11.8. The van der Waals surface area contributed by atoms with Gasteiger partial charge in [0.2, 0.25) is 0 Å². The second kappa shape index (κ2) is 6.26. The molecule has 0 bridgehead atoms. The number of nitrogens with one attached hydrogen (secondary N) is 1. The SMILES string of the molecule is C#CCCn1c(CNCCC)cnc1C. The molecular formula is C12H19N3. The summed E-state index contributed by atoms with van der Waals surface area (Å²) in [6, 6.07) is 0. The van der Waals surface area contributed by atoms with Crippen molar-refractivity contribution in [3.05, 3.63) is 17.7 Å². The van der Waals surface area contributed by atoms with Crippen LogP contribution < -0.4 is 5.32 Å². The van der Waals surface area contributed by atoms with Crippen LogP contribution in [-0.2, 0) is 13.1 Å². The Labute approximate surface area is 91.9 Å². The fourth-order valence-corrected chi connectivity index (χ4v) is 1.53. The molecular weight excluding hydrogens is 186 g/mol. The number of imidazole rings is 1. The van der Waals surface area contributed by atoms with Gasteiger partial charge in [0.05, 0.1) is 5.69 Å². The van der Waals surface area contributed by atoms with Crippen LogP contribution in [0.2, 0.25) is 0 Å². The Morgan fingerprint density at radius 1 is 1.60 bits per heavy atom. The molecule has 3 nitrogen and oxygen atoms in total. The fraction of sp³-hybridized carbons (Fsp3) is 0.583. The number of nitrogens with zero attached hydrogens (tertiary/aromatic N) is 2. The summed E-state index contributed by atoms with van der Waals surface area (Å²) in [5.74, 6) is 3.70. The Kier molecular flexibility index (Phi) is 4.92. The summed E-state index contributed by atoms with van der Waals surface area (Å²) in [4.78, 5) is 4.30. The van der Waals surface area contributed by atoms with Gasteiger partial charge in [-0.25, -0.2) is 4.98 Å². The number of aryl methyl sites for hydroxylation is 1. The maximum absolute atomic E-state index is 5.27. The molecule has 0 aliphatic rings. The van der Waals surface area contributed by atoms with Crippen molar-refractivity contribution in [1.82, 2.24) is 14.9 Å². The zero-order valence-electron chi connectivity index (χ0n) is 9.58. The molecule has 1 N–H and O–H groups in total. The summed E-state index contributed by atoms with van der Waals surface area (Å²) >= 11 is 0. The molecule has 0 radical (unpaired) electrons. The van der Waals surface area contributed by atoms with E-state index in [1.165, 1.54) is 5.69 Å². The molecule has 0 atom stereocenters. The fourth-order valence-electron chi connectivity index (χ4n) is 1.53. The van der Waals surface area contributed by atoms with Gasteiger partial charge in [0.15, 0.2) is 0 Å². The van der Waals surface area contributed by atoms with E-state index in [0.717, 1.165) is 38.3 Å². The van der Waals surface area contributed by atoms with Crippen molar-refractivity contribution in [2.75, 3.05) is 6.54 Å². The quantitative estimate of drug-likeness (QED) is 0.566. The summed E-state index contributed by atoms with van der Waals surface area (Å²) in [5, 5.41) is 3.37. The first-order chi connectivity index (χ1) is 7.29.